The molecule has 2 aromatic carbocycles. The number of unbranched alkanes of at least 4 members (excludes halogenated alkanes) is 1. The Morgan fingerprint density at radius 2 is 1.96 bits per heavy atom. The number of hydrogen-bond acceptors (Lipinski definition) is 5. The molecule has 3 aromatic rings. The molecular formula is C21H21ClN2O3S. The number of nitrogens with one attached hydrogen (secondary N) is 1. The summed E-state index contributed by atoms with van der Waals surface area (Å²) in [5.74, 6) is 1.19. The zero-order valence-corrected chi connectivity index (χ0v) is 17.3. The lowest BCUT2D eigenvalue weighted by Gasteiger charge is -2.04. The maximum absolute atomic E-state index is 12.4. The van der Waals surface area contributed by atoms with Crippen molar-refractivity contribution in [3.63, 3.8) is 0 Å². The number of benzene rings is 2. The quantitative estimate of drug-likeness (QED) is 0.299. The molecule has 1 amide bonds. The molecule has 0 bridgehead atoms. The predicted octanol–water partition coefficient (Wildman–Crippen LogP) is 5.51. The lowest BCUT2D eigenvalue weighted by Crippen LogP contribution is -2.16. The molecule has 28 heavy (non-hydrogen) atoms. The van der Waals surface area contributed by atoms with E-state index >= 15 is 0 Å². The summed E-state index contributed by atoms with van der Waals surface area (Å²) in [5, 5.41) is 5.27. The van der Waals surface area contributed by atoms with E-state index in [0.717, 1.165) is 40.0 Å². The molecule has 0 aliphatic heterocycles. The van der Waals surface area contributed by atoms with Gasteiger partial charge in [-0.3, -0.25) is 4.79 Å². The first-order chi connectivity index (χ1) is 13.6. The molecule has 0 radical (unpaired) electrons. The van der Waals surface area contributed by atoms with Crippen molar-refractivity contribution >= 4 is 45.1 Å². The highest BCUT2D eigenvalue weighted by molar-refractivity contribution is 7.21. The molecule has 1 aromatic heterocycles. The van der Waals surface area contributed by atoms with Gasteiger partial charge in [-0.05, 0) is 54.4 Å². The number of methoxy groups -OCH3 is 1. The van der Waals surface area contributed by atoms with Crippen molar-refractivity contribution in [1.82, 2.24) is 5.43 Å². The van der Waals surface area contributed by atoms with Gasteiger partial charge in [0.05, 0.1) is 25.0 Å². The van der Waals surface area contributed by atoms with Crippen LogP contribution in [-0.4, -0.2) is 25.8 Å². The molecule has 0 saturated carbocycles. The Kier molecular flexibility index (Phi) is 6.90. The molecule has 0 fully saturated rings. The molecule has 5 nitrogen and oxygen atoms in total. The smallest absolute Gasteiger partial charge is 0.283 e. The number of carbonyl (C=O) groups excluding carboxylic acids is 1. The van der Waals surface area contributed by atoms with Crippen LogP contribution in [0.3, 0.4) is 0 Å². The lowest BCUT2D eigenvalue weighted by atomic mass is 10.2. The number of ether oxygens (including phenoxy) is 2. The zero-order chi connectivity index (χ0) is 19.9. The number of thiophene rings is 1. The molecule has 0 unspecified atom stereocenters. The summed E-state index contributed by atoms with van der Waals surface area (Å²) in [6.45, 7) is 2.84. The van der Waals surface area contributed by atoms with Crippen molar-refractivity contribution in [2.45, 2.75) is 19.8 Å². The minimum Gasteiger partial charge on any atom is -0.497 e. The van der Waals surface area contributed by atoms with E-state index in [0.29, 0.717) is 16.5 Å². The first-order valence-electron chi connectivity index (χ1n) is 8.94. The van der Waals surface area contributed by atoms with E-state index in [1.54, 1.807) is 13.3 Å². The third-order valence-corrected chi connectivity index (χ3v) is 5.73. The Hall–Kier alpha value is -2.57. The highest BCUT2D eigenvalue weighted by atomic mass is 35.5. The monoisotopic (exact) mass is 416 g/mol. The molecule has 1 heterocycles. The summed E-state index contributed by atoms with van der Waals surface area (Å²) in [6.07, 6.45) is 3.71. The van der Waals surface area contributed by atoms with E-state index in [4.69, 9.17) is 21.1 Å². The SMILES string of the molecule is CCCCOc1ccc(/C=N/NC(=O)c2sc3cc(OC)ccc3c2Cl)cc1. The number of nitrogens with zero attached hydrogens (tertiary/aromatic N) is 1. The first-order valence-corrected chi connectivity index (χ1v) is 10.1. The number of hydrogen-bond donors (Lipinski definition) is 1. The number of hydrazone groups is 1. The molecule has 0 saturated heterocycles. The van der Waals surface area contributed by atoms with Crippen molar-refractivity contribution in [2.75, 3.05) is 13.7 Å². The molecule has 0 aliphatic rings. The number of amides is 1. The van der Waals surface area contributed by atoms with E-state index in [1.807, 2.05) is 42.5 Å². The van der Waals surface area contributed by atoms with Crippen LogP contribution < -0.4 is 14.9 Å². The number of carbonyl (C=O) groups is 1. The lowest BCUT2D eigenvalue weighted by molar-refractivity contribution is 0.0959. The van der Waals surface area contributed by atoms with Crippen LogP contribution in [0.1, 0.15) is 35.0 Å². The van der Waals surface area contributed by atoms with Crippen LogP contribution in [0.4, 0.5) is 0 Å². The topological polar surface area (TPSA) is 59.9 Å². The third-order valence-electron chi connectivity index (χ3n) is 4.07. The van der Waals surface area contributed by atoms with Crippen LogP contribution in [0.25, 0.3) is 10.1 Å². The van der Waals surface area contributed by atoms with Gasteiger partial charge in [0, 0.05) is 10.1 Å². The van der Waals surface area contributed by atoms with Gasteiger partial charge in [-0.15, -0.1) is 11.3 Å². The van der Waals surface area contributed by atoms with Gasteiger partial charge in [-0.2, -0.15) is 5.10 Å². The van der Waals surface area contributed by atoms with Crippen molar-refractivity contribution in [3.8, 4) is 11.5 Å². The Labute approximate surface area is 172 Å². The molecule has 146 valence electrons. The maximum atomic E-state index is 12.4. The number of halogens is 1. The molecule has 0 aliphatic carbocycles. The third kappa shape index (κ3) is 4.82. The molecule has 3 rings (SSSR count). The fourth-order valence-electron chi connectivity index (χ4n) is 2.52. The number of rotatable bonds is 8. The fraction of sp³-hybridized carbons (Fsp3) is 0.238. The van der Waals surface area contributed by atoms with Crippen molar-refractivity contribution in [3.05, 3.63) is 57.9 Å². The Bertz CT molecular complexity index is 983. The largest absolute Gasteiger partial charge is 0.497 e. The molecule has 1 N–H and O–H groups in total. The highest BCUT2D eigenvalue weighted by Crippen LogP contribution is 2.37. The van der Waals surface area contributed by atoms with Gasteiger partial charge in [-0.1, -0.05) is 24.9 Å². The normalized spacial score (nSPS) is 11.1. The average Bonchev–Trinajstić information content (AvgIpc) is 3.05. The van der Waals surface area contributed by atoms with Crippen LogP contribution >= 0.6 is 22.9 Å². The van der Waals surface area contributed by atoms with Gasteiger partial charge in [0.25, 0.3) is 5.91 Å². The van der Waals surface area contributed by atoms with E-state index in [9.17, 15) is 4.79 Å². The van der Waals surface area contributed by atoms with Gasteiger partial charge in [0.2, 0.25) is 0 Å². The minimum atomic E-state index is -0.346. The van der Waals surface area contributed by atoms with Crippen LogP contribution in [0.5, 0.6) is 11.5 Å². The molecule has 7 heteroatoms. The molecule has 0 atom stereocenters. The van der Waals surface area contributed by atoms with Crippen LogP contribution in [-0.2, 0) is 0 Å². The minimum absolute atomic E-state index is 0.346. The van der Waals surface area contributed by atoms with Crippen LogP contribution in [0, 0.1) is 0 Å². The standard InChI is InChI=1S/C21H21ClN2O3S/c1-3-4-11-27-15-7-5-14(6-8-15)13-23-24-21(25)20-19(22)17-10-9-16(26-2)12-18(17)28-20/h5-10,12-13H,3-4,11H2,1-2H3,(H,24,25)/b23-13+. The summed E-state index contributed by atoms with van der Waals surface area (Å²) < 4.78 is 11.7. The Balaban J connectivity index is 1.63. The Morgan fingerprint density at radius 3 is 2.68 bits per heavy atom. The summed E-state index contributed by atoms with van der Waals surface area (Å²) in [6, 6.07) is 13.1. The Morgan fingerprint density at radius 1 is 1.21 bits per heavy atom. The van der Waals surface area contributed by atoms with Gasteiger partial charge in [0.1, 0.15) is 16.4 Å². The second-order valence-electron chi connectivity index (χ2n) is 6.08. The second-order valence-corrected chi connectivity index (χ2v) is 7.51. The van der Waals surface area contributed by atoms with E-state index in [-0.39, 0.29) is 5.91 Å². The average molecular weight is 417 g/mol. The van der Waals surface area contributed by atoms with E-state index in [2.05, 4.69) is 17.5 Å². The summed E-state index contributed by atoms with van der Waals surface area (Å²) in [7, 11) is 1.60. The van der Waals surface area contributed by atoms with Gasteiger partial charge in [-0.25, -0.2) is 5.43 Å². The van der Waals surface area contributed by atoms with Crippen molar-refractivity contribution < 1.29 is 14.3 Å². The molecular weight excluding hydrogens is 396 g/mol. The zero-order valence-electron chi connectivity index (χ0n) is 15.7. The second kappa shape index (κ2) is 9.57. The van der Waals surface area contributed by atoms with Gasteiger partial charge >= 0.3 is 0 Å². The van der Waals surface area contributed by atoms with Crippen molar-refractivity contribution in [1.29, 1.82) is 0 Å². The van der Waals surface area contributed by atoms with E-state index < -0.39 is 0 Å². The number of fused-ring (bicyclic) bond motifs is 1. The summed E-state index contributed by atoms with van der Waals surface area (Å²) in [5.41, 5.74) is 3.39. The van der Waals surface area contributed by atoms with E-state index in [1.165, 1.54) is 11.3 Å². The fourth-order valence-corrected chi connectivity index (χ4v) is 3.95. The van der Waals surface area contributed by atoms with Crippen LogP contribution in [0.15, 0.2) is 47.6 Å². The van der Waals surface area contributed by atoms with Gasteiger partial charge < -0.3 is 9.47 Å². The predicted molar refractivity (Wildman–Crippen MR) is 115 cm³/mol. The summed E-state index contributed by atoms with van der Waals surface area (Å²) in [4.78, 5) is 12.8. The molecule has 0 spiro atoms. The first kappa shape index (κ1) is 20.2. The maximum Gasteiger partial charge on any atom is 0.283 e. The summed E-state index contributed by atoms with van der Waals surface area (Å²) >= 11 is 7.66. The highest BCUT2D eigenvalue weighted by Gasteiger charge is 2.17. The van der Waals surface area contributed by atoms with Crippen molar-refractivity contribution in [2.24, 2.45) is 5.10 Å². The van der Waals surface area contributed by atoms with Crippen LogP contribution in [0.2, 0.25) is 5.02 Å². The van der Waals surface area contributed by atoms with Gasteiger partial charge in [0.15, 0.2) is 0 Å².